The van der Waals surface area contributed by atoms with Crippen LogP contribution in [0.25, 0.3) is 0 Å². The molecule has 8 heteroatoms. The van der Waals surface area contributed by atoms with Crippen LogP contribution in [0.2, 0.25) is 0 Å². The second-order valence-corrected chi connectivity index (χ2v) is 8.89. The number of piperidine rings is 2. The van der Waals surface area contributed by atoms with Crippen LogP contribution in [0.1, 0.15) is 48.8 Å². The summed E-state index contributed by atoms with van der Waals surface area (Å²) in [6.07, 6.45) is 7.30. The highest BCUT2D eigenvalue weighted by atomic mass is 16.3. The maximum Gasteiger partial charge on any atom is 0.225 e. The van der Waals surface area contributed by atoms with Crippen LogP contribution in [-0.2, 0) is 13.1 Å². The molecule has 1 unspecified atom stereocenters. The zero-order valence-corrected chi connectivity index (χ0v) is 18.4. The molecule has 168 valence electrons. The van der Waals surface area contributed by atoms with Crippen LogP contribution >= 0.6 is 0 Å². The predicted molar refractivity (Wildman–Crippen MR) is 122 cm³/mol. The van der Waals surface area contributed by atoms with E-state index in [1.165, 1.54) is 5.56 Å². The summed E-state index contributed by atoms with van der Waals surface area (Å²) in [6.45, 7) is 5.05. The first kappa shape index (κ1) is 21.0. The molecule has 2 fully saturated rings. The molecule has 0 amide bonds. The van der Waals surface area contributed by atoms with Crippen molar-refractivity contribution in [3.8, 4) is 0 Å². The molecule has 0 radical (unpaired) electrons. The average molecular weight is 434 g/mol. The number of hydrogen-bond donors (Lipinski definition) is 1. The Morgan fingerprint density at radius 3 is 2.41 bits per heavy atom. The fourth-order valence-electron chi connectivity index (χ4n) is 4.87. The van der Waals surface area contributed by atoms with Gasteiger partial charge in [0.05, 0.1) is 19.2 Å². The van der Waals surface area contributed by atoms with Gasteiger partial charge in [0.25, 0.3) is 0 Å². The predicted octanol–water partition coefficient (Wildman–Crippen LogP) is 2.46. The molecule has 0 spiro atoms. The molecule has 0 saturated carbocycles. The minimum Gasteiger partial charge on any atom is -0.392 e. The number of anilines is 1. The van der Waals surface area contributed by atoms with Crippen LogP contribution in [-0.4, -0.2) is 67.0 Å². The SMILES string of the molecule is OC1CCCN(Cc2nnc(C3CCN(c4ncccn4)CC3)n2Cc2ccccc2)C1. The Bertz CT molecular complexity index is 986. The molecule has 3 aromatic rings. The summed E-state index contributed by atoms with van der Waals surface area (Å²) >= 11 is 0. The van der Waals surface area contributed by atoms with Gasteiger partial charge in [0.2, 0.25) is 5.95 Å². The maximum atomic E-state index is 10.1. The highest BCUT2D eigenvalue weighted by Crippen LogP contribution is 2.29. The largest absolute Gasteiger partial charge is 0.392 e. The van der Waals surface area contributed by atoms with Gasteiger partial charge in [0.1, 0.15) is 11.6 Å². The van der Waals surface area contributed by atoms with E-state index in [1.54, 1.807) is 12.4 Å². The first-order valence-electron chi connectivity index (χ1n) is 11.6. The number of benzene rings is 1. The van der Waals surface area contributed by atoms with Crippen molar-refractivity contribution in [1.29, 1.82) is 0 Å². The molecule has 1 N–H and O–H groups in total. The van der Waals surface area contributed by atoms with Gasteiger partial charge in [0, 0.05) is 37.9 Å². The number of rotatable bonds is 6. The molecule has 32 heavy (non-hydrogen) atoms. The first-order chi connectivity index (χ1) is 15.8. The zero-order valence-electron chi connectivity index (χ0n) is 18.4. The van der Waals surface area contributed by atoms with Gasteiger partial charge in [-0.3, -0.25) is 4.90 Å². The van der Waals surface area contributed by atoms with E-state index in [1.807, 2.05) is 12.1 Å². The lowest BCUT2D eigenvalue weighted by Gasteiger charge is -2.32. The quantitative estimate of drug-likeness (QED) is 0.639. The second kappa shape index (κ2) is 9.75. The summed E-state index contributed by atoms with van der Waals surface area (Å²) in [4.78, 5) is 13.4. The van der Waals surface area contributed by atoms with E-state index in [0.717, 1.165) is 76.0 Å². The summed E-state index contributed by atoms with van der Waals surface area (Å²) in [6, 6.07) is 12.4. The Morgan fingerprint density at radius 2 is 1.66 bits per heavy atom. The fraction of sp³-hybridized carbons (Fsp3) is 0.500. The van der Waals surface area contributed by atoms with E-state index in [-0.39, 0.29) is 6.10 Å². The molecule has 4 heterocycles. The van der Waals surface area contributed by atoms with Gasteiger partial charge >= 0.3 is 0 Å². The molecule has 2 saturated heterocycles. The highest BCUT2D eigenvalue weighted by molar-refractivity contribution is 5.30. The van der Waals surface area contributed by atoms with Gasteiger partial charge in [-0.25, -0.2) is 9.97 Å². The highest BCUT2D eigenvalue weighted by Gasteiger charge is 2.28. The van der Waals surface area contributed by atoms with Crippen molar-refractivity contribution in [2.24, 2.45) is 0 Å². The van der Waals surface area contributed by atoms with E-state index in [2.05, 4.69) is 53.7 Å². The lowest BCUT2D eigenvalue weighted by molar-refractivity contribution is 0.0649. The molecular weight excluding hydrogens is 402 g/mol. The van der Waals surface area contributed by atoms with E-state index >= 15 is 0 Å². The Labute approximate surface area is 188 Å². The van der Waals surface area contributed by atoms with Gasteiger partial charge in [-0.05, 0) is 43.9 Å². The lowest BCUT2D eigenvalue weighted by atomic mass is 9.96. The third kappa shape index (κ3) is 4.81. The Balaban J connectivity index is 1.35. The van der Waals surface area contributed by atoms with Gasteiger partial charge in [-0.2, -0.15) is 0 Å². The van der Waals surface area contributed by atoms with Crippen molar-refractivity contribution in [3.63, 3.8) is 0 Å². The molecule has 1 aromatic carbocycles. The molecule has 2 aromatic heterocycles. The van der Waals surface area contributed by atoms with Crippen molar-refractivity contribution in [2.45, 2.75) is 50.8 Å². The van der Waals surface area contributed by atoms with Gasteiger partial charge in [0.15, 0.2) is 0 Å². The summed E-state index contributed by atoms with van der Waals surface area (Å²) in [5.41, 5.74) is 1.25. The Hall–Kier alpha value is -2.84. The van der Waals surface area contributed by atoms with E-state index in [9.17, 15) is 5.11 Å². The lowest BCUT2D eigenvalue weighted by Crippen LogP contribution is -2.38. The van der Waals surface area contributed by atoms with E-state index in [4.69, 9.17) is 5.10 Å². The fourth-order valence-corrected chi connectivity index (χ4v) is 4.87. The van der Waals surface area contributed by atoms with Crippen LogP contribution in [0, 0.1) is 0 Å². The molecule has 2 aliphatic rings. The normalized spacial score (nSPS) is 20.5. The van der Waals surface area contributed by atoms with Crippen molar-refractivity contribution in [2.75, 3.05) is 31.1 Å². The number of nitrogens with zero attached hydrogens (tertiary/aromatic N) is 7. The molecule has 1 atom stereocenters. The molecule has 0 bridgehead atoms. The third-order valence-electron chi connectivity index (χ3n) is 6.58. The Morgan fingerprint density at radius 1 is 0.875 bits per heavy atom. The number of β-amino-alcohol motifs (C(OH)–C–C–N with tert-alkyl or cyclic N) is 1. The maximum absolute atomic E-state index is 10.1. The van der Waals surface area contributed by atoms with Crippen LogP contribution in [0.3, 0.4) is 0 Å². The van der Waals surface area contributed by atoms with Gasteiger partial charge in [-0.15, -0.1) is 10.2 Å². The van der Waals surface area contributed by atoms with Crippen molar-refractivity contribution in [3.05, 3.63) is 66.0 Å². The zero-order chi connectivity index (χ0) is 21.8. The third-order valence-corrected chi connectivity index (χ3v) is 6.58. The van der Waals surface area contributed by atoms with Crippen molar-refractivity contribution >= 4 is 5.95 Å². The smallest absolute Gasteiger partial charge is 0.225 e. The summed E-state index contributed by atoms with van der Waals surface area (Å²) in [5, 5.41) is 19.4. The molecule has 5 rings (SSSR count). The molecule has 2 aliphatic heterocycles. The molecule has 8 nitrogen and oxygen atoms in total. The van der Waals surface area contributed by atoms with Crippen molar-refractivity contribution < 1.29 is 5.11 Å². The first-order valence-corrected chi connectivity index (χ1v) is 11.6. The standard InChI is InChI=1S/C24H31N7O/c32-21-8-4-13-29(17-21)18-22-27-28-23(31(22)16-19-6-2-1-3-7-19)20-9-14-30(15-10-20)24-25-11-5-12-26-24/h1-3,5-7,11-12,20-21,32H,4,8-10,13-18H2. The van der Waals surface area contributed by atoms with E-state index < -0.39 is 0 Å². The summed E-state index contributed by atoms with van der Waals surface area (Å²) < 4.78 is 2.32. The minimum atomic E-state index is -0.238. The molecular formula is C24H31N7O. The second-order valence-electron chi connectivity index (χ2n) is 8.89. The number of aliphatic hydroxyl groups excluding tert-OH is 1. The number of aliphatic hydroxyl groups is 1. The van der Waals surface area contributed by atoms with Crippen LogP contribution in [0.5, 0.6) is 0 Å². The summed E-state index contributed by atoms with van der Waals surface area (Å²) in [7, 11) is 0. The number of hydrogen-bond acceptors (Lipinski definition) is 7. The van der Waals surface area contributed by atoms with Gasteiger partial charge < -0.3 is 14.6 Å². The monoisotopic (exact) mass is 433 g/mol. The number of aromatic nitrogens is 5. The van der Waals surface area contributed by atoms with E-state index in [0.29, 0.717) is 12.5 Å². The van der Waals surface area contributed by atoms with Crippen LogP contribution in [0.4, 0.5) is 5.95 Å². The molecule has 0 aliphatic carbocycles. The minimum absolute atomic E-state index is 0.238. The van der Waals surface area contributed by atoms with Gasteiger partial charge in [-0.1, -0.05) is 30.3 Å². The van der Waals surface area contributed by atoms with Crippen LogP contribution in [0.15, 0.2) is 48.8 Å². The van der Waals surface area contributed by atoms with Crippen LogP contribution < -0.4 is 4.90 Å². The summed E-state index contributed by atoms with van der Waals surface area (Å²) in [5.74, 6) is 3.25. The number of likely N-dealkylation sites (tertiary alicyclic amines) is 1. The topological polar surface area (TPSA) is 83.2 Å². The van der Waals surface area contributed by atoms with Crippen molar-refractivity contribution in [1.82, 2.24) is 29.6 Å². The average Bonchev–Trinajstić information content (AvgIpc) is 3.22. The Kier molecular flexibility index (Phi) is 6.41.